The average molecular weight is 282 g/mol. The molecular weight excluding hydrogens is 268 g/mol. The van der Waals surface area contributed by atoms with Gasteiger partial charge in [0.25, 0.3) is 0 Å². The number of carbonyl (C=O) groups excluding carboxylic acids is 1. The zero-order valence-corrected chi connectivity index (χ0v) is 11.5. The molecule has 0 aliphatic rings. The Bertz CT molecular complexity index is 705. The maximum Gasteiger partial charge on any atom is 0.342 e. The molecule has 0 aliphatic carbocycles. The van der Waals surface area contributed by atoms with Crippen LogP contribution in [0.1, 0.15) is 21.5 Å². The van der Waals surface area contributed by atoms with Gasteiger partial charge in [-0.3, -0.25) is 0 Å². The Kier molecular flexibility index (Phi) is 4.42. The molecule has 0 radical (unpaired) electrons. The standard InChI is InChI=1S/C16H14N2O3/c1-20-15-13(7-4-8-14(15)18)16(19)21-10-12-6-3-2-5-11(12)9-17/h2-8H,10,18H2,1H3. The number of hydrogen-bond acceptors (Lipinski definition) is 5. The highest BCUT2D eigenvalue weighted by Gasteiger charge is 2.16. The van der Waals surface area contributed by atoms with Crippen molar-refractivity contribution in [2.75, 3.05) is 12.8 Å². The van der Waals surface area contributed by atoms with Gasteiger partial charge >= 0.3 is 5.97 Å². The average Bonchev–Trinajstić information content (AvgIpc) is 2.52. The number of nitriles is 1. The van der Waals surface area contributed by atoms with Gasteiger partial charge in [-0.1, -0.05) is 24.3 Å². The summed E-state index contributed by atoms with van der Waals surface area (Å²) in [6, 6.07) is 13.9. The van der Waals surface area contributed by atoms with E-state index in [9.17, 15) is 4.79 Å². The highest BCUT2D eigenvalue weighted by molar-refractivity contribution is 5.94. The van der Waals surface area contributed by atoms with Gasteiger partial charge in [0.05, 0.1) is 24.4 Å². The zero-order valence-electron chi connectivity index (χ0n) is 11.5. The molecule has 106 valence electrons. The Morgan fingerprint density at radius 1 is 1.24 bits per heavy atom. The number of carbonyl (C=O) groups is 1. The third kappa shape index (κ3) is 3.12. The van der Waals surface area contributed by atoms with Crippen LogP contribution < -0.4 is 10.5 Å². The number of methoxy groups -OCH3 is 1. The molecule has 5 nitrogen and oxygen atoms in total. The molecule has 0 bridgehead atoms. The molecule has 2 aromatic carbocycles. The molecule has 2 rings (SSSR count). The zero-order chi connectivity index (χ0) is 15.2. The molecule has 0 heterocycles. The lowest BCUT2D eigenvalue weighted by Crippen LogP contribution is -2.09. The highest BCUT2D eigenvalue weighted by Crippen LogP contribution is 2.26. The molecule has 0 unspecified atom stereocenters. The maximum absolute atomic E-state index is 12.1. The summed E-state index contributed by atoms with van der Waals surface area (Å²) < 4.78 is 10.3. The summed E-state index contributed by atoms with van der Waals surface area (Å²) in [6.07, 6.45) is 0. The molecule has 2 N–H and O–H groups in total. The first-order valence-electron chi connectivity index (χ1n) is 6.25. The number of rotatable bonds is 4. The Labute approximate surface area is 122 Å². The molecule has 0 aliphatic heterocycles. The Hall–Kier alpha value is -3.00. The number of esters is 1. The van der Waals surface area contributed by atoms with Crippen LogP contribution in [0, 0.1) is 11.3 Å². The van der Waals surface area contributed by atoms with Crippen molar-refractivity contribution < 1.29 is 14.3 Å². The van der Waals surface area contributed by atoms with Crippen molar-refractivity contribution in [3.05, 3.63) is 59.2 Å². The molecule has 0 fully saturated rings. The number of anilines is 1. The minimum atomic E-state index is -0.549. The van der Waals surface area contributed by atoms with Crippen LogP contribution in [0.2, 0.25) is 0 Å². The number of hydrogen-bond donors (Lipinski definition) is 1. The second-order valence-corrected chi connectivity index (χ2v) is 4.27. The van der Waals surface area contributed by atoms with E-state index in [4.69, 9.17) is 20.5 Å². The second-order valence-electron chi connectivity index (χ2n) is 4.27. The Morgan fingerprint density at radius 2 is 2.00 bits per heavy atom. The predicted molar refractivity (Wildman–Crippen MR) is 77.7 cm³/mol. The van der Waals surface area contributed by atoms with E-state index < -0.39 is 5.97 Å². The van der Waals surface area contributed by atoms with Crippen LogP contribution in [0.5, 0.6) is 5.75 Å². The van der Waals surface area contributed by atoms with Crippen LogP contribution in [0.4, 0.5) is 5.69 Å². The molecule has 0 atom stereocenters. The van der Waals surface area contributed by atoms with Gasteiger partial charge in [-0.05, 0) is 18.2 Å². The number of ether oxygens (including phenoxy) is 2. The number of para-hydroxylation sites is 1. The summed E-state index contributed by atoms with van der Waals surface area (Å²) in [5, 5.41) is 8.99. The van der Waals surface area contributed by atoms with Crippen molar-refractivity contribution in [3.8, 4) is 11.8 Å². The highest BCUT2D eigenvalue weighted by atomic mass is 16.5. The number of benzene rings is 2. The summed E-state index contributed by atoms with van der Waals surface area (Å²) in [6.45, 7) is 0.0144. The van der Waals surface area contributed by atoms with Gasteiger partial charge in [0.2, 0.25) is 0 Å². The number of nitrogens with two attached hydrogens (primary N) is 1. The van der Waals surface area contributed by atoms with Crippen LogP contribution in [0.25, 0.3) is 0 Å². The van der Waals surface area contributed by atoms with Gasteiger partial charge in [0.15, 0.2) is 5.75 Å². The fourth-order valence-electron chi connectivity index (χ4n) is 1.92. The van der Waals surface area contributed by atoms with Crippen LogP contribution in [-0.2, 0) is 11.3 Å². The van der Waals surface area contributed by atoms with E-state index in [1.54, 1.807) is 42.5 Å². The largest absolute Gasteiger partial charge is 0.494 e. The van der Waals surface area contributed by atoms with Crippen molar-refractivity contribution in [2.24, 2.45) is 0 Å². The van der Waals surface area contributed by atoms with E-state index >= 15 is 0 Å². The summed E-state index contributed by atoms with van der Waals surface area (Å²) in [7, 11) is 1.44. The van der Waals surface area contributed by atoms with Crippen molar-refractivity contribution in [1.82, 2.24) is 0 Å². The van der Waals surface area contributed by atoms with Gasteiger partial charge in [-0.15, -0.1) is 0 Å². The van der Waals surface area contributed by atoms with Crippen LogP contribution in [0.15, 0.2) is 42.5 Å². The molecule has 0 amide bonds. The third-order valence-electron chi connectivity index (χ3n) is 2.97. The van der Waals surface area contributed by atoms with Crippen LogP contribution in [-0.4, -0.2) is 13.1 Å². The van der Waals surface area contributed by atoms with Gasteiger partial charge in [-0.2, -0.15) is 5.26 Å². The third-order valence-corrected chi connectivity index (χ3v) is 2.97. The summed E-state index contributed by atoms with van der Waals surface area (Å²) in [5.41, 5.74) is 7.49. The van der Waals surface area contributed by atoms with E-state index in [2.05, 4.69) is 6.07 Å². The quantitative estimate of drug-likeness (QED) is 0.688. The lowest BCUT2D eigenvalue weighted by atomic mass is 10.1. The first-order valence-corrected chi connectivity index (χ1v) is 6.25. The molecular formula is C16H14N2O3. The number of nitrogen functional groups attached to an aromatic ring is 1. The second kappa shape index (κ2) is 6.44. The molecule has 5 heteroatoms. The lowest BCUT2D eigenvalue weighted by Gasteiger charge is -2.11. The topological polar surface area (TPSA) is 85.3 Å². The fraction of sp³-hybridized carbons (Fsp3) is 0.125. The van der Waals surface area contributed by atoms with Crippen LogP contribution >= 0.6 is 0 Å². The minimum absolute atomic E-state index is 0.0144. The normalized spacial score (nSPS) is 9.71. The predicted octanol–water partition coefficient (Wildman–Crippen LogP) is 2.51. The van der Waals surface area contributed by atoms with E-state index in [1.165, 1.54) is 7.11 Å². The maximum atomic E-state index is 12.1. The fourth-order valence-corrected chi connectivity index (χ4v) is 1.92. The molecule has 0 aromatic heterocycles. The van der Waals surface area contributed by atoms with E-state index in [0.717, 1.165) is 0 Å². The van der Waals surface area contributed by atoms with Crippen molar-refractivity contribution in [3.63, 3.8) is 0 Å². The first kappa shape index (κ1) is 14.4. The summed E-state index contributed by atoms with van der Waals surface area (Å²) >= 11 is 0. The molecule has 0 saturated heterocycles. The molecule has 0 spiro atoms. The number of nitrogens with zero attached hydrogens (tertiary/aromatic N) is 1. The summed E-state index contributed by atoms with van der Waals surface area (Å²) in [4.78, 5) is 12.1. The summed E-state index contributed by atoms with van der Waals surface area (Å²) in [5.74, 6) is -0.261. The Morgan fingerprint density at radius 3 is 2.71 bits per heavy atom. The molecule has 2 aromatic rings. The smallest absolute Gasteiger partial charge is 0.342 e. The van der Waals surface area contributed by atoms with Gasteiger partial charge in [-0.25, -0.2) is 4.79 Å². The van der Waals surface area contributed by atoms with Gasteiger partial charge < -0.3 is 15.2 Å². The van der Waals surface area contributed by atoms with Gasteiger partial charge in [0, 0.05) is 5.56 Å². The Balaban J connectivity index is 2.16. The van der Waals surface area contributed by atoms with E-state index in [0.29, 0.717) is 16.8 Å². The van der Waals surface area contributed by atoms with Crippen molar-refractivity contribution in [2.45, 2.75) is 6.61 Å². The molecule has 21 heavy (non-hydrogen) atoms. The monoisotopic (exact) mass is 282 g/mol. The van der Waals surface area contributed by atoms with Crippen molar-refractivity contribution >= 4 is 11.7 Å². The lowest BCUT2D eigenvalue weighted by molar-refractivity contribution is 0.0469. The van der Waals surface area contributed by atoms with Crippen molar-refractivity contribution in [1.29, 1.82) is 5.26 Å². The first-order chi connectivity index (χ1) is 10.2. The minimum Gasteiger partial charge on any atom is -0.494 e. The van der Waals surface area contributed by atoms with E-state index in [1.807, 2.05) is 0 Å². The van der Waals surface area contributed by atoms with Gasteiger partial charge in [0.1, 0.15) is 12.2 Å². The van der Waals surface area contributed by atoms with Crippen LogP contribution in [0.3, 0.4) is 0 Å². The van der Waals surface area contributed by atoms with E-state index in [-0.39, 0.29) is 17.9 Å². The molecule has 0 saturated carbocycles. The SMILES string of the molecule is COc1c(N)cccc1C(=O)OCc1ccccc1C#N.